The van der Waals surface area contributed by atoms with Gasteiger partial charge in [0.05, 0.1) is 5.92 Å². The lowest BCUT2D eigenvalue weighted by molar-refractivity contribution is -0.139. The molecule has 2 heterocycles. The zero-order valence-electron chi connectivity index (χ0n) is 10.6. The first-order valence-electron chi connectivity index (χ1n) is 6.62. The van der Waals surface area contributed by atoms with E-state index in [0.717, 1.165) is 25.2 Å². The summed E-state index contributed by atoms with van der Waals surface area (Å²) in [6.45, 7) is 3.10. The Kier molecular flexibility index (Phi) is 4.70. The second kappa shape index (κ2) is 6.50. The fourth-order valence-corrected chi connectivity index (χ4v) is 2.52. The lowest BCUT2D eigenvalue weighted by Gasteiger charge is -2.27. The second-order valence-corrected chi connectivity index (χ2v) is 4.86. The third kappa shape index (κ3) is 3.53. The molecular weight excluding hydrogens is 228 g/mol. The fraction of sp³-hybridized carbons (Fsp3) is 0.571. The number of pyridine rings is 1. The van der Waals surface area contributed by atoms with E-state index in [-0.39, 0.29) is 0 Å². The van der Waals surface area contributed by atoms with Crippen molar-refractivity contribution in [2.24, 2.45) is 0 Å². The molecule has 98 valence electrons. The number of carboxylic acid groups (broad SMARTS) is 1. The average Bonchev–Trinajstić information content (AvgIpc) is 2.41. The minimum absolute atomic E-state index is 0.407. The van der Waals surface area contributed by atoms with Gasteiger partial charge in [0.2, 0.25) is 0 Å². The molecule has 1 unspecified atom stereocenters. The lowest BCUT2D eigenvalue weighted by Crippen LogP contribution is -2.32. The minimum atomic E-state index is -0.738. The van der Waals surface area contributed by atoms with Crippen LogP contribution in [0.4, 0.5) is 0 Å². The van der Waals surface area contributed by atoms with Gasteiger partial charge in [-0.15, -0.1) is 0 Å². The van der Waals surface area contributed by atoms with Crippen LogP contribution in [0.25, 0.3) is 0 Å². The Hall–Kier alpha value is -1.42. The van der Waals surface area contributed by atoms with Crippen molar-refractivity contribution in [1.82, 2.24) is 9.88 Å². The van der Waals surface area contributed by atoms with E-state index >= 15 is 0 Å². The van der Waals surface area contributed by atoms with Crippen molar-refractivity contribution in [1.29, 1.82) is 0 Å². The van der Waals surface area contributed by atoms with Gasteiger partial charge < -0.3 is 10.0 Å². The van der Waals surface area contributed by atoms with Crippen LogP contribution < -0.4 is 0 Å². The molecule has 2 rings (SSSR count). The summed E-state index contributed by atoms with van der Waals surface area (Å²) in [6, 6.07) is 3.60. The zero-order chi connectivity index (χ0) is 12.8. The minimum Gasteiger partial charge on any atom is -0.481 e. The monoisotopic (exact) mass is 248 g/mol. The van der Waals surface area contributed by atoms with Gasteiger partial charge in [-0.1, -0.05) is 6.42 Å². The highest BCUT2D eigenvalue weighted by Gasteiger charge is 2.21. The summed E-state index contributed by atoms with van der Waals surface area (Å²) in [5.74, 6) is -1.15. The van der Waals surface area contributed by atoms with Crippen LogP contribution in [0.1, 0.15) is 37.2 Å². The predicted molar refractivity (Wildman–Crippen MR) is 69.5 cm³/mol. The largest absolute Gasteiger partial charge is 0.481 e. The molecule has 0 bridgehead atoms. The van der Waals surface area contributed by atoms with Gasteiger partial charge in [0, 0.05) is 12.4 Å². The molecule has 0 amide bonds. The molecule has 1 N–H and O–H groups in total. The molecule has 0 spiro atoms. The fourth-order valence-electron chi connectivity index (χ4n) is 2.52. The summed E-state index contributed by atoms with van der Waals surface area (Å²) in [5, 5.41) is 9.32. The summed E-state index contributed by atoms with van der Waals surface area (Å²) < 4.78 is 0. The van der Waals surface area contributed by atoms with Crippen molar-refractivity contribution in [3.63, 3.8) is 0 Å². The van der Waals surface area contributed by atoms with Gasteiger partial charge in [0.1, 0.15) is 0 Å². The molecule has 0 saturated carbocycles. The highest BCUT2D eigenvalue weighted by molar-refractivity contribution is 5.75. The molecule has 18 heavy (non-hydrogen) atoms. The van der Waals surface area contributed by atoms with Crippen molar-refractivity contribution in [2.45, 2.75) is 31.6 Å². The number of piperidine rings is 1. The van der Waals surface area contributed by atoms with E-state index in [2.05, 4.69) is 9.88 Å². The number of carboxylic acids is 1. The number of carbonyl (C=O) groups is 1. The molecule has 0 radical (unpaired) electrons. The van der Waals surface area contributed by atoms with Crippen molar-refractivity contribution >= 4 is 5.97 Å². The Morgan fingerprint density at radius 2 is 1.94 bits per heavy atom. The van der Waals surface area contributed by atoms with Gasteiger partial charge in [-0.05, 0) is 56.6 Å². The molecule has 4 nitrogen and oxygen atoms in total. The molecule has 1 fully saturated rings. The summed E-state index contributed by atoms with van der Waals surface area (Å²) >= 11 is 0. The number of aromatic nitrogens is 1. The number of hydrogen-bond acceptors (Lipinski definition) is 3. The molecule has 1 aromatic heterocycles. The van der Waals surface area contributed by atoms with Crippen LogP contribution in [0, 0.1) is 0 Å². The van der Waals surface area contributed by atoms with Gasteiger partial charge in [-0.25, -0.2) is 0 Å². The highest BCUT2D eigenvalue weighted by Crippen LogP contribution is 2.20. The van der Waals surface area contributed by atoms with Crippen molar-refractivity contribution < 1.29 is 9.90 Å². The average molecular weight is 248 g/mol. The Morgan fingerprint density at radius 3 is 2.56 bits per heavy atom. The molecule has 1 aliphatic heterocycles. The molecule has 1 atom stereocenters. The van der Waals surface area contributed by atoms with Crippen LogP contribution in [0.15, 0.2) is 24.5 Å². The quantitative estimate of drug-likeness (QED) is 0.867. The number of likely N-dealkylation sites (tertiary alicyclic amines) is 1. The first kappa shape index (κ1) is 13.0. The van der Waals surface area contributed by atoms with Crippen molar-refractivity contribution in [3.8, 4) is 0 Å². The van der Waals surface area contributed by atoms with E-state index in [0.29, 0.717) is 6.42 Å². The lowest BCUT2D eigenvalue weighted by atomic mass is 9.96. The standard InChI is InChI=1S/C14H20N2O2/c17-14(18)13(12-4-7-15-8-5-12)6-11-16-9-2-1-3-10-16/h4-5,7-8,13H,1-3,6,9-11H2,(H,17,18). The Labute approximate surface area is 108 Å². The highest BCUT2D eigenvalue weighted by atomic mass is 16.4. The number of nitrogens with zero attached hydrogens (tertiary/aromatic N) is 2. The summed E-state index contributed by atoms with van der Waals surface area (Å²) in [7, 11) is 0. The molecule has 0 aliphatic carbocycles. The van der Waals surface area contributed by atoms with E-state index in [1.54, 1.807) is 24.5 Å². The van der Waals surface area contributed by atoms with E-state index in [1.165, 1.54) is 19.3 Å². The van der Waals surface area contributed by atoms with E-state index < -0.39 is 11.9 Å². The van der Waals surface area contributed by atoms with Crippen LogP contribution in [-0.2, 0) is 4.79 Å². The van der Waals surface area contributed by atoms with Crippen LogP contribution in [-0.4, -0.2) is 40.6 Å². The van der Waals surface area contributed by atoms with Gasteiger partial charge in [0.15, 0.2) is 0 Å². The van der Waals surface area contributed by atoms with Crippen molar-refractivity contribution in [2.75, 3.05) is 19.6 Å². The number of hydrogen-bond donors (Lipinski definition) is 1. The second-order valence-electron chi connectivity index (χ2n) is 4.86. The molecular formula is C14H20N2O2. The van der Waals surface area contributed by atoms with Crippen molar-refractivity contribution in [3.05, 3.63) is 30.1 Å². The Balaban J connectivity index is 1.92. The zero-order valence-corrected chi connectivity index (χ0v) is 10.6. The summed E-state index contributed by atoms with van der Waals surface area (Å²) in [5.41, 5.74) is 0.856. The third-order valence-electron chi connectivity index (χ3n) is 3.59. The normalized spacial score (nSPS) is 18.4. The van der Waals surface area contributed by atoms with E-state index in [9.17, 15) is 9.90 Å². The maximum Gasteiger partial charge on any atom is 0.311 e. The molecule has 0 aromatic carbocycles. The summed E-state index contributed by atoms with van der Waals surface area (Å²) in [4.78, 5) is 17.6. The van der Waals surface area contributed by atoms with Gasteiger partial charge in [0.25, 0.3) is 0 Å². The number of aliphatic carboxylic acids is 1. The molecule has 4 heteroatoms. The number of rotatable bonds is 5. The maximum atomic E-state index is 11.3. The molecule has 1 aromatic rings. The topological polar surface area (TPSA) is 53.4 Å². The van der Waals surface area contributed by atoms with E-state index in [4.69, 9.17) is 0 Å². The van der Waals surface area contributed by atoms with Crippen LogP contribution in [0.5, 0.6) is 0 Å². The molecule has 1 saturated heterocycles. The van der Waals surface area contributed by atoms with E-state index in [1.807, 2.05) is 0 Å². The van der Waals surface area contributed by atoms with Crippen LogP contribution >= 0.6 is 0 Å². The molecule has 1 aliphatic rings. The first-order chi connectivity index (χ1) is 8.77. The van der Waals surface area contributed by atoms with Crippen LogP contribution in [0.3, 0.4) is 0 Å². The first-order valence-corrected chi connectivity index (χ1v) is 6.62. The predicted octanol–water partition coefficient (Wildman–Crippen LogP) is 2.13. The third-order valence-corrected chi connectivity index (χ3v) is 3.59. The Bertz CT molecular complexity index is 375. The van der Waals surface area contributed by atoms with Gasteiger partial charge in [-0.3, -0.25) is 9.78 Å². The SMILES string of the molecule is O=C(O)C(CCN1CCCCC1)c1ccncc1. The Morgan fingerprint density at radius 1 is 1.28 bits per heavy atom. The smallest absolute Gasteiger partial charge is 0.311 e. The maximum absolute atomic E-state index is 11.3. The van der Waals surface area contributed by atoms with Gasteiger partial charge in [-0.2, -0.15) is 0 Å². The van der Waals surface area contributed by atoms with Crippen LogP contribution in [0.2, 0.25) is 0 Å². The summed E-state index contributed by atoms with van der Waals surface area (Å²) in [6.07, 6.45) is 7.79. The van der Waals surface area contributed by atoms with Gasteiger partial charge >= 0.3 is 5.97 Å².